The van der Waals surface area contributed by atoms with E-state index in [1.807, 2.05) is 48.5 Å². The summed E-state index contributed by atoms with van der Waals surface area (Å²) < 4.78 is 34.4. The Balaban J connectivity index is 1.38. The molecule has 2 aromatic heterocycles. The molecule has 0 atom stereocenters. The highest BCUT2D eigenvalue weighted by molar-refractivity contribution is 7.91. The number of hydrogen-bond donors (Lipinski definition) is 0. The number of piperidine rings is 1. The Morgan fingerprint density at radius 3 is 2.53 bits per heavy atom. The van der Waals surface area contributed by atoms with Crippen LogP contribution in [0.2, 0.25) is 4.34 Å². The topological polar surface area (TPSA) is 79.8 Å². The zero-order chi connectivity index (χ0) is 25.3. The molecule has 7 nitrogen and oxygen atoms in total. The van der Waals surface area contributed by atoms with Gasteiger partial charge in [-0.05, 0) is 42.7 Å². The number of carbonyl (C=O) groups excluding carboxylic acids is 1. The van der Waals surface area contributed by atoms with Crippen LogP contribution in [0.1, 0.15) is 18.4 Å². The molecular weight excluding hydrogens is 538 g/mol. The third-order valence-electron chi connectivity index (χ3n) is 6.21. The van der Waals surface area contributed by atoms with Gasteiger partial charge in [0.25, 0.3) is 10.0 Å². The normalized spacial score (nSPS) is 15.3. The van der Waals surface area contributed by atoms with Gasteiger partial charge in [-0.25, -0.2) is 13.4 Å². The fourth-order valence-electron chi connectivity index (χ4n) is 4.27. The first kappa shape index (κ1) is 25.2. The van der Waals surface area contributed by atoms with Crippen LogP contribution >= 0.6 is 34.3 Å². The van der Waals surface area contributed by atoms with Gasteiger partial charge < -0.3 is 4.74 Å². The number of methoxy groups -OCH3 is 1. The van der Waals surface area contributed by atoms with Crippen molar-refractivity contribution in [2.45, 2.75) is 23.6 Å². The summed E-state index contributed by atoms with van der Waals surface area (Å²) in [4.78, 5) is 20.3. The van der Waals surface area contributed by atoms with Gasteiger partial charge >= 0.3 is 0 Å². The first-order valence-corrected chi connectivity index (χ1v) is 14.9. The summed E-state index contributed by atoms with van der Waals surface area (Å²) in [6.07, 6.45) is 0.891. The summed E-state index contributed by atoms with van der Waals surface area (Å²) in [5, 5.41) is 0.621. The molecule has 1 saturated heterocycles. The number of anilines is 1. The van der Waals surface area contributed by atoms with Crippen molar-refractivity contribution in [3.63, 3.8) is 0 Å². The van der Waals surface area contributed by atoms with E-state index in [1.165, 1.54) is 21.7 Å². The van der Waals surface area contributed by atoms with Crippen molar-refractivity contribution in [2.75, 3.05) is 25.1 Å². The minimum atomic E-state index is -3.61. The predicted octanol–water partition coefficient (Wildman–Crippen LogP) is 5.65. The molecule has 1 aliphatic heterocycles. The minimum Gasteiger partial charge on any atom is -0.497 e. The molecule has 0 N–H and O–H groups in total. The van der Waals surface area contributed by atoms with Crippen LogP contribution in [-0.4, -0.2) is 43.8 Å². The second-order valence-corrected chi connectivity index (χ2v) is 13.4. The van der Waals surface area contributed by atoms with Crippen molar-refractivity contribution in [1.82, 2.24) is 9.29 Å². The Labute approximate surface area is 223 Å². The Morgan fingerprint density at radius 2 is 1.86 bits per heavy atom. The molecule has 0 saturated carbocycles. The molecule has 2 aromatic carbocycles. The molecule has 0 bridgehead atoms. The maximum atomic E-state index is 13.8. The quantitative estimate of drug-likeness (QED) is 0.291. The van der Waals surface area contributed by atoms with E-state index in [1.54, 1.807) is 18.1 Å². The first-order valence-electron chi connectivity index (χ1n) is 11.4. The van der Waals surface area contributed by atoms with E-state index < -0.39 is 10.0 Å². The number of hydrogen-bond acceptors (Lipinski definition) is 7. The standard InChI is InChI=1S/C25H24ClN3O4S3/c1-33-19-7-8-21-20(15-19)27-25(34-21)29(16-17-5-3-2-4-6-17)24(30)18-11-13-28(14-12-18)36(31,32)23-10-9-22(26)35-23/h2-10,15,18H,11-14,16H2,1H3. The predicted molar refractivity (Wildman–Crippen MR) is 145 cm³/mol. The van der Waals surface area contributed by atoms with Gasteiger partial charge in [0.15, 0.2) is 5.13 Å². The number of benzene rings is 2. The number of thiophene rings is 1. The lowest BCUT2D eigenvalue weighted by molar-refractivity contribution is -0.123. The van der Waals surface area contributed by atoms with Crippen LogP contribution in [-0.2, 0) is 21.4 Å². The van der Waals surface area contributed by atoms with Gasteiger partial charge in [0.1, 0.15) is 9.96 Å². The van der Waals surface area contributed by atoms with Gasteiger partial charge in [-0.3, -0.25) is 9.69 Å². The van der Waals surface area contributed by atoms with E-state index in [9.17, 15) is 13.2 Å². The number of amides is 1. The summed E-state index contributed by atoms with van der Waals surface area (Å²) in [6, 6.07) is 18.6. The fourth-order valence-corrected chi connectivity index (χ4v) is 8.33. The number of halogens is 1. The third kappa shape index (κ3) is 5.14. The largest absolute Gasteiger partial charge is 0.497 e. The van der Waals surface area contributed by atoms with Crippen molar-refractivity contribution in [2.24, 2.45) is 5.92 Å². The smallest absolute Gasteiger partial charge is 0.252 e. The summed E-state index contributed by atoms with van der Waals surface area (Å²) >= 11 is 8.46. The van der Waals surface area contributed by atoms with Gasteiger partial charge in [0.2, 0.25) is 5.91 Å². The molecule has 1 fully saturated rings. The molecule has 0 spiro atoms. The highest BCUT2D eigenvalue weighted by Crippen LogP contribution is 2.35. The van der Waals surface area contributed by atoms with Crippen molar-refractivity contribution < 1.29 is 17.9 Å². The molecule has 11 heteroatoms. The summed E-state index contributed by atoms with van der Waals surface area (Å²) in [5.74, 6) is 0.371. The number of rotatable bonds is 7. The van der Waals surface area contributed by atoms with E-state index in [2.05, 4.69) is 0 Å². The van der Waals surface area contributed by atoms with Crippen molar-refractivity contribution in [3.05, 3.63) is 70.6 Å². The van der Waals surface area contributed by atoms with E-state index in [-0.39, 0.29) is 29.1 Å². The van der Waals surface area contributed by atoms with Gasteiger partial charge in [-0.1, -0.05) is 53.3 Å². The van der Waals surface area contributed by atoms with Crippen LogP contribution in [0.3, 0.4) is 0 Å². The molecule has 0 radical (unpaired) electrons. The lowest BCUT2D eigenvalue weighted by atomic mass is 9.96. The van der Waals surface area contributed by atoms with Crippen LogP contribution in [0, 0.1) is 5.92 Å². The second-order valence-electron chi connectivity index (χ2n) is 8.48. The van der Waals surface area contributed by atoms with Crippen molar-refractivity contribution in [3.8, 4) is 5.75 Å². The molecule has 3 heterocycles. The molecule has 0 aliphatic carbocycles. The summed E-state index contributed by atoms with van der Waals surface area (Å²) in [5.41, 5.74) is 1.77. The number of sulfonamides is 1. The maximum absolute atomic E-state index is 13.8. The van der Waals surface area contributed by atoms with Gasteiger partial charge in [0.05, 0.1) is 28.2 Å². The minimum absolute atomic E-state index is 0.0407. The van der Waals surface area contributed by atoms with E-state index in [4.69, 9.17) is 21.3 Å². The Morgan fingerprint density at radius 1 is 1.11 bits per heavy atom. The summed E-state index contributed by atoms with van der Waals surface area (Å²) in [6.45, 7) is 0.956. The third-order valence-corrected chi connectivity index (χ3v) is 10.9. The molecule has 188 valence electrons. The molecule has 1 aliphatic rings. The monoisotopic (exact) mass is 561 g/mol. The molecular formula is C25H24ClN3O4S3. The summed E-state index contributed by atoms with van der Waals surface area (Å²) in [7, 11) is -2.00. The van der Waals surface area contributed by atoms with Crippen LogP contribution in [0.25, 0.3) is 10.2 Å². The molecule has 0 unspecified atom stereocenters. The number of fused-ring (bicyclic) bond motifs is 1. The van der Waals surface area contributed by atoms with Gasteiger partial charge in [-0.2, -0.15) is 4.31 Å². The Hall–Kier alpha value is -2.50. The zero-order valence-electron chi connectivity index (χ0n) is 19.5. The van der Waals surface area contributed by atoms with Crippen LogP contribution in [0.4, 0.5) is 5.13 Å². The van der Waals surface area contributed by atoms with Gasteiger partial charge in [-0.15, -0.1) is 11.3 Å². The number of carbonyl (C=O) groups is 1. The first-order chi connectivity index (χ1) is 17.3. The lowest BCUT2D eigenvalue weighted by Crippen LogP contribution is -2.44. The number of thiazole rings is 1. The molecule has 5 rings (SSSR count). The second kappa shape index (κ2) is 10.5. The fraction of sp³-hybridized carbons (Fsp3) is 0.280. The number of ether oxygens (including phenoxy) is 1. The Kier molecular flexibility index (Phi) is 7.32. The molecule has 4 aromatic rings. The highest BCUT2D eigenvalue weighted by atomic mass is 35.5. The number of aromatic nitrogens is 1. The molecule has 36 heavy (non-hydrogen) atoms. The van der Waals surface area contributed by atoms with Crippen LogP contribution in [0.5, 0.6) is 5.75 Å². The van der Waals surface area contributed by atoms with E-state index in [0.717, 1.165) is 27.1 Å². The van der Waals surface area contributed by atoms with E-state index in [0.29, 0.717) is 34.6 Å². The average Bonchev–Trinajstić information content (AvgIpc) is 3.53. The van der Waals surface area contributed by atoms with Crippen LogP contribution in [0.15, 0.2) is 64.9 Å². The SMILES string of the molecule is COc1ccc2sc(N(Cc3ccccc3)C(=O)C3CCN(S(=O)(=O)c4ccc(Cl)s4)CC3)nc2c1. The lowest BCUT2D eigenvalue weighted by Gasteiger charge is -2.32. The maximum Gasteiger partial charge on any atom is 0.252 e. The Bertz CT molecular complexity index is 1480. The van der Waals surface area contributed by atoms with Crippen LogP contribution < -0.4 is 9.64 Å². The van der Waals surface area contributed by atoms with Crippen molar-refractivity contribution in [1.29, 1.82) is 0 Å². The number of nitrogens with zero attached hydrogens (tertiary/aromatic N) is 3. The van der Waals surface area contributed by atoms with Crippen molar-refractivity contribution >= 4 is 65.6 Å². The zero-order valence-corrected chi connectivity index (χ0v) is 22.7. The van der Waals surface area contributed by atoms with E-state index >= 15 is 0 Å². The van der Waals surface area contributed by atoms with Gasteiger partial charge in [0, 0.05) is 25.1 Å². The highest BCUT2D eigenvalue weighted by Gasteiger charge is 2.35. The average molecular weight is 562 g/mol. The molecule has 1 amide bonds.